The minimum absolute atomic E-state index is 0.0567. The van der Waals surface area contributed by atoms with Crippen LogP contribution >= 0.6 is 0 Å². The number of nitrogens with two attached hydrogens (primary N) is 1. The molecule has 1 aromatic heterocycles. The number of benzene rings is 1. The molecule has 0 fully saturated rings. The van der Waals surface area contributed by atoms with Gasteiger partial charge in [0.05, 0.1) is 11.3 Å². The van der Waals surface area contributed by atoms with Crippen molar-refractivity contribution in [1.29, 1.82) is 0 Å². The Morgan fingerprint density at radius 3 is 2.65 bits per heavy atom. The summed E-state index contributed by atoms with van der Waals surface area (Å²) in [6.45, 7) is 0. The molecule has 2 rings (SSSR count). The van der Waals surface area contributed by atoms with Gasteiger partial charge in [-0.1, -0.05) is 6.07 Å². The highest BCUT2D eigenvalue weighted by Crippen LogP contribution is 2.31. The number of aromatic nitrogens is 2. The van der Waals surface area contributed by atoms with Gasteiger partial charge in [-0.25, -0.2) is 9.62 Å². The largest absolute Gasteiger partial charge is 0.416 e. The van der Waals surface area contributed by atoms with Crippen LogP contribution in [0.25, 0.3) is 0 Å². The third-order valence-electron chi connectivity index (χ3n) is 2.26. The lowest BCUT2D eigenvalue weighted by atomic mass is 10.2. The van der Waals surface area contributed by atoms with Crippen molar-refractivity contribution < 1.29 is 23.0 Å². The number of amidine groups is 1. The lowest BCUT2D eigenvalue weighted by Crippen LogP contribution is -2.21. The van der Waals surface area contributed by atoms with E-state index in [0.29, 0.717) is 0 Å². The number of alkyl halides is 3. The molecule has 20 heavy (non-hydrogen) atoms. The molecule has 1 heterocycles. The van der Waals surface area contributed by atoms with Gasteiger partial charge in [0, 0.05) is 0 Å². The topological polar surface area (TPSA) is 110 Å². The van der Waals surface area contributed by atoms with Gasteiger partial charge in [-0.3, -0.25) is 10.7 Å². The number of nitrogen functional groups attached to an aromatic ring is 1. The van der Waals surface area contributed by atoms with E-state index in [1.54, 1.807) is 5.48 Å². The number of rotatable bonds is 2. The predicted molar refractivity (Wildman–Crippen MR) is 61.3 cm³/mol. The third-order valence-corrected chi connectivity index (χ3v) is 2.26. The van der Waals surface area contributed by atoms with E-state index in [2.05, 4.69) is 19.9 Å². The first-order valence-corrected chi connectivity index (χ1v) is 5.16. The lowest BCUT2D eigenvalue weighted by molar-refractivity contribution is -0.137. The summed E-state index contributed by atoms with van der Waals surface area (Å²) in [6.07, 6.45) is -4.49. The van der Waals surface area contributed by atoms with Crippen molar-refractivity contribution in [3.8, 4) is 0 Å². The van der Waals surface area contributed by atoms with E-state index >= 15 is 0 Å². The summed E-state index contributed by atoms with van der Waals surface area (Å²) in [5.41, 5.74) is 6.02. The van der Waals surface area contributed by atoms with Crippen molar-refractivity contribution in [3.05, 3.63) is 35.5 Å². The van der Waals surface area contributed by atoms with E-state index in [-0.39, 0.29) is 23.0 Å². The first-order valence-electron chi connectivity index (χ1n) is 5.16. The van der Waals surface area contributed by atoms with E-state index in [0.717, 1.165) is 12.1 Å². The Bertz CT molecular complexity index is 638. The Morgan fingerprint density at radius 1 is 1.35 bits per heavy atom. The van der Waals surface area contributed by atoms with Gasteiger partial charge in [0.25, 0.3) is 0 Å². The van der Waals surface area contributed by atoms with Gasteiger partial charge in [0.15, 0.2) is 17.3 Å². The van der Waals surface area contributed by atoms with Gasteiger partial charge >= 0.3 is 6.18 Å². The Hall–Kier alpha value is -2.62. The number of hydroxylamine groups is 1. The Kier molecular flexibility index (Phi) is 3.57. The van der Waals surface area contributed by atoms with E-state index < -0.39 is 11.7 Å². The highest BCUT2D eigenvalue weighted by molar-refractivity contribution is 6.01. The fourth-order valence-electron chi connectivity index (χ4n) is 1.37. The van der Waals surface area contributed by atoms with Gasteiger partial charge in [-0.15, -0.1) is 0 Å². The SMILES string of the molecule is Nc1nonc1C(=Nc1cccc(C(F)(F)F)c1)NO. The van der Waals surface area contributed by atoms with Crippen molar-refractivity contribution in [1.82, 2.24) is 15.8 Å². The molecule has 10 heteroatoms. The number of halogens is 3. The molecule has 0 aliphatic heterocycles. The van der Waals surface area contributed by atoms with E-state index in [1.165, 1.54) is 12.1 Å². The maximum absolute atomic E-state index is 12.6. The molecule has 0 aliphatic rings. The smallest absolute Gasteiger partial charge is 0.379 e. The molecule has 0 saturated carbocycles. The van der Waals surface area contributed by atoms with Gasteiger partial charge in [0.1, 0.15) is 0 Å². The predicted octanol–water partition coefficient (Wildman–Crippen LogP) is 1.73. The minimum Gasteiger partial charge on any atom is -0.379 e. The fourth-order valence-corrected chi connectivity index (χ4v) is 1.37. The van der Waals surface area contributed by atoms with Crippen LogP contribution in [0.2, 0.25) is 0 Å². The average Bonchev–Trinajstić information content (AvgIpc) is 2.81. The zero-order valence-electron chi connectivity index (χ0n) is 9.72. The van der Waals surface area contributed by atoms with Crippen LogP contribution in [0.5, 0.6) is 0 Å². The summed E-state index contributed by atoms with van der Waals surface area (Å²) >= 11 is 0. The highest BCUT2D eigenvalue weighted by atomic mass is 19.4. The second-order valence-corrected chi connectivity index (χ2v) is 3.62. The lowest BCUT2D eigenvalue weighted by Gasteiger charge is -2.07. The standard InChI is InChI=1S/C10H8F3N5O2/c11-10(12,13)5-2-1-3-6(4-5)15-9(16-19)7-8(14)18-20-17-7/h1-4,19H,(H2,14,18)(H,15,16). The van der Waals surface area contributed by atoms with Crippen molar-refractivity contribution in [2.45, 2.75) is 6.18 Å². The first kappa shape index (κ1) is 13.8. The van der Waals surface area contributed by atoms with E-state index in [4.69, 9.17) is 10.9 Å². The van der Waals surface area contributed by atoms with Crippen molar-refractivity contribution in [2.24, 2.45) is 4.99 Å². The minimum atomic E-state index is -4.49. The molecule has 0 spiro atoms. The number of anilines is 1. The average molecular weight is 287 g/mol. The summed E-state index contributed by atoms with van der Waals surface area (Å²) in [5.74, 6) is -0.458. The molecule has 7 nitrogen and oxygen atoms in total. The van der Waals surface area contributed by atoms with Crippen LogP contribution < -0.4 is 11.2 Å². The summed E-state index contributed by atoms with van der Waals surface area (Å²) in [5, 5.41) is 15.6. The van der Waals surface area contributed by atoms with Crippen molar-refractivity contribution >= 4 is 17.3 Å². The van der Waals surface area contributed by atoms with Crippen LogP contribution in [0.3, 0.4) is 0 Å². The summed E-state index contributed by atoms with van der Waals surface area (Å²) in [4.78, 5) is 3.77. The molecule has 0 saturated heterocycles. The third kappa shape index (κ3) is 2.85. The molecule has 0 unspecified atom stereocenters. The van der Waals surface area contributed by atoms with E-state index in [9.17, 15) is 13.2 Å². The van der Waals surface area contributed by atoms with E-state index in [1.807, 2.05) is 0 Å². The van der Waals surface area contributed by atoms with Crippen molar-refractivity contribution in [2.75, 3.05) is 5.73 Å². The molecular weight excluding hydrogens is 279 g/mol. The normalized spacial score (nSPS) is 12.5. The van der Waals surface area contributed by atoms with Crippen LogP contribution in [-0.2, 0) is 6.18 Å². The molecule has 0 bridgehead atoms. The Morgan fingerprint density at radius 2 is 2.10 bits per heavy atom. The maximum Gasteiger partial charge on any atom is 0.416 e. The number of aliphatic imine (C=N–C) groups is 1. The summed E-state index contributed by atoms with van der Waals surface area (Å²) in [6, 6.07) is 4.20. The zero-order chi connectivity index (χ0) is 14.8. The number of nitrogens with one attached hydrogen (secondary N) is 1. The number of hydrogen-bond donors (Lipinski definition) is 3. The van der Waals surface area contributed by atoms with Gasteiger partial charge in [-0.2, -0.15) is 13.2 Å². The van der Waals surface area contributed by atoms with Gasteiger partial charge in [-0.05, 0) is 28.5 Å². The molecule has 0 aliphatic carbocycles. The molecule has 4 N–H and O–H groups in total. The number of hydrogen-bond acceptors (Lipinski definition) is 6. The van der Waals surface area contributed by atoms with Gasteiger partial charge < -0.3 is 5.73 Å². The summed E-state index contributed by atoms with van der Waals surface area (Å²) in [7, 11) is 0. The molecular formula is C10H8F3N5O2. The maximum atomic E-state index is 12.6. The molecule has 0 radical (unpaired) electrons. The highest BCUT2D eigenvalue weighted by Gasteiger charge is 2.30. The number of nitrogens with zero attached hydrogens (tertiary/aromatic N) is 3. The fraction of sp³-hybridized carbons (Fsp3) is 0.100. The van der Waals surface area contributed by atoms with Crippen LogP contribution in [-0.4, -0.2) is 21.4 Å². The molecule has 0 amide bonds. The quantitative estimate of drug-likeness (QED) is 0.441. The van der Waals surface area contributed by atoms with Gasteiger partial charge in [0.2, 0.25) is 0 Å². The van der Waals surface area contributed by atoms with Crippen LogP contribution in [0.4, 0.5) is 24.7 Å². The Balaban J connectivity index is 2.41. The first-order chi connectivity index (χ1) is 9.41. The second-order valence-electron chi connectivity index (χ2n) is 3.62. The molecule has 2 aromatic rings. The molecule has 1 aromatic carbocycles. The Labute approximate surface area is 109 Å². The molecule has 0 atom stereocenters. The van der Waals surface area contributed by atoms with Crippen LogP contribution in [0, 0.1) is 0 Å². The van der Waals surface area contributed by atoms with Crippen LogP contribution in [0.15, 0.2) is 33.9 Å². The molecule has 106 valence electrons. The summed E-state index contributed by atoms with van der Waals surface area (Å²) < 4.78 is 42.0. The second kappa shape index (κ2) is 5.17. The monoisotopic (exact) mass is 287 g/mol. The van der Waals surface area contributed by atoms with Crippen molar-refractivity contribution in [3.63, 3.8) is 0 Å². The van der Waals surface area contributed by atoms with Crippen LogP contribution in [0.1, 0.15) is 11.3 Å². The zero-order valence-corrected chi connectivity index (χ0v) is 9.72.